The molecule has 6 rings (SSSR count). The summed E-state index contributed by atoms with van der Waals surface area (Å²) in [6.45, 7) is 4.17. The number of hydrogen-bond acceptors (Lipinski definition) is 0. The van der Waals surface area contributed by atoms with Gasteiger partial charge in [-0.05, 0) is 37.5 Å². The maximum absolute atomic E-state index is 2.99. The molecule has 192 valence electrons. The summed E-state index contributed by atoms with van der Waals surface area (Å²) < 4.78 is 1.42. The van der Waals surface area contributed by atoms with Crippen LogP contribution in [0, 0.1) is 6.08 Å². The van der Waals surface area contributed by atoms with Crippen LogP contribution in [0.2, 0.25) is 0 Å². The molecule has 2 fully saturated rings. The van der Waals surface area contributed by atoms with Crippen molar-refractivity contribution in [3.8, 4) is 0 Å². The van der Waals surface area contributed by atoms with E-state index < -0.39 is 0 Å². The SMILES string of the molecule is C[C](C)=[Ti+2].[C-]1=CC=CC1.[Cl-].[Cl-].c1cc2c(cc1C1CCCCC1)[cH-]c1cc(C3CCCCC3)ccc12. The molecule has 0 N–H and O–H groups in total. The maximum Gasteiger partial charge on any atom is -0.0232 e. The first-order chi connectivity index (χ1) is 16.6. The number of hydrogen-bond donors (Lipinski definition) is 0. The Kier molecular flexibility index (Phi) is 13.9. The van der Waals surface area contributed by atoms with E-state index in [-0.39, 0.29) is 24.8 Å². The standard InChI is InChI=1S/C25H29.C5H5.C3H6.2ClH.Ti/c1-3-7-18(8-4-1)20-11-13-24-22(15-20)17-23-16-21(12-14-25(23)24)19-9-5-2-6-10-19;1-2-4-5-3-1;1-3-2;;;/h11-19H,1-10H2;1-3H,4H2;1-2H3;2*1H;/q2*-1;;;;+2/p-2. The van der Waals surface area contributed by atoms with Crippen molar-refractivity contribution in [2.24, 2.45) is 0 Å². The van der Waals surface area contributed by atoms with Gasteiger partial charge in [-0.2, -0.15) is 6.08 Å². The van der Waals surface area contributed by atoms with Gasteiger partial charge in [0.1, 0.15) is 0 Å². The van der Waals surface area contributed by atoms with Crippen LogP contribution in [0.25, 0.3) is 21.5 Å². The second kappa shape index (κ2) is 16.0. The molecule has 36 heavy (non-hydrogen) atoms. The normalized spacial score (nSPS) is 17.4. The summed E-state index contributed by atoms with van der Waals surface area (Å²) >= 11 is 2.08. The van der Waals surface area contributed by atoms with E-state index in [0.29, 0.717) is 0 Å². The zero-order valence-corrected chi connectivity index (χ0v) is 25.0. The van der Waals surface area contributed by atoms with Gasteiger partial charge in [0.05, 0.1) is 0 Å². The van der Waals surface area contributed by atoms with Crippen molar-refractivity contribution in [3.63, 3.8) is 0 Å². The molecule has 0 nitrogen and oxygen atoms in total. The molecule has 3 aliphatic rings. The maximum atomic E-state index is 2.99. The quantitative estimate of drug-likeness (QED) is 0.333. The molecule has 3 heteroatoms. The Morgan fingerprint density at radius 2 is 1.19 bits per heavy atom. The molecule has 0 unspecified atom stereocenters. The summed E-state index contributed by atoms with van der Waals surface area (Å²) in [7, 11) is 0. The average Bonchev–Trinajstić information content (AvgIpc) is 3.56. The molecule has 0 radical (unpaired) electrons. The number of rotatable bonds is 2. The minimum atomic E-state index is 0. The van der Waals surface area contributed by atoms with Crippen LogP contribution in [0.1, 0.15) is 107 Å². The van der Waals surface area contributed by atoms with Crippen molar-refractivity contribution in [2.45, 2.75) is 96.3 Å². The number of fused-ring (bicyclic) bond motifs is 3. The van der Waals surface area contributed by atoms with Crippen LogP contribution in [0.3, 0.4) is 0 Å². The number of benzene rings is 2. The second-order valence-electron chi connectivity index (χ2n) is 10.5. The third kappa shape index (κ3) is 8.77. The third-order valence-electron chi connectivity index (χ3n) is 7.49. The fourth-order valence-corrected chi connectivity index (χ4v) is 5.78. The molecule has 0 heterocycles. The number of halogens is 2. The van der Waals surface area contributed by atoms with Gasteiger partial charge in [-0.25, -0.2) is 12.2 Å². The van der Waals surface area contributed by atoms with Crippen LogP contribution >= 0.6 is 0 Å². The van der Waals surface area contributed by atoms with Gasteiger partial charge < -0.3 is 24.8 Å². The minimum absolute atomic E-state index is 0. The zero-order valence-electron chi connectivity index (χ0n) is 22.0. The summed E-state index contributed by atoms with van der Waals surface area (Å²) in [5, 5.41) is 5.81. The largest absolute Gasteiger partial charge is 1.00 e. The number of allylic oxidation sites excluding steroid dienone is 4. The van der Waals surface area contributed by atoms with E-state index in [1.54, 1.807) is 11.1 Å². The van der Waals surface area contributed by atoms with Crippen molar-refractivity contribution < 1.29 is 44.8 Å². The van der Waals surface area contributed by atoms with Crippen LogP contribution in [-0.2, 0) is 20.0 Å². The molecule has 0 saturated heterocycles. The van der Waals surface area contributed by atoms with Crippen LogP contribution in [0.15, 0.2) is 60.7 Å². The van der Waals surface area contributed by atoms with Gasteiger partial charge in [-0.3, -0.25) is 6.08 Å². The summed E-state index contributed by atoms with van der Waals surface area (Å²) in [4.78, 5) is 0. The van der Waals surface area contributed by atoms with Crippen molar-refractivity contribution in [3.05, 3.63) is 77.9 Å². The molecule has 2 saturated carbocycles. The van der Waals surface area contributed by atoms with Crippen molar-refractivity contribution >= 4 is 25.4 Å². The Hall–Kier alpha value is -1.05. The van der Waals surface area contributed by atoms with Gasteiger partial charge in [0.2, 0.25) is 0 Å². The molecule has 0 amide bonds. The van der Waals surface area contributed by atoms with E-state index in [0.717, 1.165) is 18.3 Å². The molecule has 0 aliphatic heterocycles. The van der Waals surface area contributed by atoms with Crippen LogP contribution in [0.4, 0.5) is 0 Å². The smallest absolute Gasteiger partial charge is 0.0232 e. The van der Waals surface area contributed by atoms with E-state index in [2.05, 4.69) is 88.4 Å². The molecule has 3 aromatic carbocycles. The molecule has 0 bridgehead atoms. The van der Waals surface area contributed by atoms with Gasteiger partial charge in [0, 0.05) is 0 Å². The Labute approximate surface area is 243 Å². The predicted octanol–water partition coefficient (Wildman–Crippen LogP) is 3.87. The van der Waals surface area contributed by atoms with Crippen LogP contribution < -0.4 is 24.8 Å². The molecular formula is C33H40Cl2Ti-2. The topological polar surface area (TPSA) is 0 Å². The zero-order chi connectivity index (χ0) is 23.8. The van der Waals surface area contributed by atoms with Gasteiger partial charge in [0.15, 0.2) is 0 Å². The Balaban J connectivity index is 0.000000357. The second-order valence-corrected chi connectivity index (χ2v) is 12.1. The van der Waals surface area contributed by atoms with Gasteiger partial charge in [-0.15, -0.1) is 46.2 Å². The Bertz CT molecular complexity index is 1050. The van der Waals surface area contributed by atoms with E-state index in [1.807, 2.05) is 12.2 Å². The first-order valence-corrected chi connectivity index (χ1v) is 14.3. The van der Waals surface area contributed by atoms with E-state index in [9.17, 15) is 0 Å². The van der Waals surface area contributed by atoms with E-state index in [1.165, 1.54) is 89.6 Å². The first-order valence-electron chi connectivity index (χ1n) is 13.5. The Morgan fingerprint density at radius 3 is 1.53 bits per heavy atom. The molecular weight excluding hydrogens is 515 g/mol. The Morgan fingerprint density at radius 1 is 0.750 bits per heavy atom. The van der Waals surface area contributed by atoms with E-state index in [4.69, 9.17) is 0 Å². The molecule has 0 aromatic heterocycles. The molecule has 3 aliphatic carbocycles. The summed E-state index contributed by atoms with van der Waals surface area (Å²) in [6, 6.07) is 17.0. The van der Waals surface area contributed by atoms with Crippen molar-refractivity contribution in [2.75, 3.05) is 0 Å². The summed E-state index contributed by atoms with van der Waals surface area (Å²) in [6.07, 6.45) is 24.1. The average molecular weight is 555 g/mol. The van der Waals surface area contributed by atoms with Gasteiger partial charge >= 0.3 is 37.6 Å². The minimum Gasteiger partial charge on any atom is -1.00 e. The molecule has 3 aromatic rings. The van der Waals surface area contributed by atoms with E-state index >= 15 is 0 Å². The summed E-state index contributed by atoms with van der Waals surface area (Å²) in [5.74, 6) is 1.60. The molecule has 0 atom stereocenters. The van der Waals surface area contributed by atoms with Crippen LogP contribution in [0.5, 0.6) is 0 Å². The van der Waals surface area contributed by atoms with Gasteiger partial charge in [0.25, 0.3) is 0 Å². The predicted molar refractivity (Wildman–Crippen MR) is 147 cm³/mol. The molecule has 0 spiro atoms. The fourth-order valence-electron chi connectivity index (χ4n) is 5.78. The fraction of sp³-hybridized carbons (Fsp3) is 0.455. The monoisotopic (exact) mass is 554 g/mol. The first kappa shape index (κ1) is 31.2. The van der Waals surface area contributed by atoms with Gasteiger partial charge in [-0.1, -0.05) is 73.9 Å². The van der Waals surface area contributed by atoms with Crippen molar-refractivity contribution in [1.82, 2.24) is 0 Å². The van der Waals surface area contributed by atoms with Crippen molar-refractivity contribution in [1.29, 1.82) is 0 Å². The summed E-state index contributed by atoms with van der Waals surface area (Å²) in [5.41, 5.74) is 3.16. The van der Waals surface area contributed by atoms with Crippen LogP contribution in [-0.4, -0.2) is 3.81 Å². The third-order valence-corrected chi connectivity index (χ3v) is 7.49.